The number of carboxylic acid groups (broad SMARTS) is 1. The fraction of sp³-hybridized carbons (Fsp3) is 0.750. The molecule has 0 bridgehead atoms. The average molecular weight is 251 g/mol. The van der Waals surface area contributed by atoms with Crippen LogP contribution in [-0.4, -0.2) is 52.2 Å². The van der Waals surface area contributed by atoms with Crippen LogP contribution in [0.2, 0.25) is 0 Å². The molecule has 8 heteroatoms. The van der Waals surface area contributed by atoms with Crippen LogP contribution in [0.1, 0.15) is 20.3 Å². The zero-order valence-corrected chi connectivity index (χ0v) is 9.69. The molecule has 7 nitrogen and oxygen atoms in total. The van der Waals surface area contributed by atoms with Gasteiger partial charge in [-0.1, -0.05) is 0 Å². The van der Waals surface area contributed by atoms with E-state index in [-0.39, 0.29) is 13.0 Å². The maximum absolute atomic E-state index is 11.5. The first-order valence-corrected chi connectivity index (χ1v) is 6.04. The molecule has 92 valence electrons. The van der Waals surface area contributed by atoms with E-state index in [2.05, 4.69) is 0 Å². The molecule has 1 unspecified atom stereocenters. The van der Waals surface area contributed by atoms with Crippen molar-refractivity contribution in [3.05, 3.63) is 0 Å². The molecule has 2 N–H and O–H groups in total. The van der Waals surface area contributed by atoms with Crippen LogP contribution < -0.4 is 0 Å². The normalized spacial score (nSPS) is 23.7. The van der Waals surface area contributed by atoms with Gasteiger partial charge in [0.25, 0.3) is 15.9 Å². The Morgan fingerprint density at radius 1 is 1.50 bits per heavy atom. The van der Waals surface area contributed by atoms with E-state index in [1.165, 1.54) is 13.8 Å². The van der Waals surface area contributed by atoms with Crippen LogP contribution in [0.3, 0.4) is 0 Å². The van der Waals surface area contributed by atoms with Gasteiger partial charge in [-0.05, 0) is 13.8 Å². The minimum absolute atomic E-state index is 0.307. The molecule has 1 heterocycles. The molecule has 1 atom stereocenters. The number of sulfonamides is 1. The zero-order valence-electron chi connectivity index (χ0n) is 8.87. The second kappa shape index (κ2) is 3.70. The molecule has 1 amide bonds. The first kappa shape index (κ1) is 12.9. The first-order valence-electron chi connectivity index (χ1n) is 4.60. The highest BCUT2D eigenvalue weighted by atomic mass is 32.2. The van der Waals surface area contributed by atoms with Crippen LogP contribution in [0.15, 0.2) is 0 Å². The van der Waals surface area contributed by atoms with Crippen LogP contribution in [0.25, 0.3) is 0 Å². The number of carbonyl (C=O) groups excluding carboxylic acids is 1. The number of nitrogens with zero attached hydrogens (tertiary/aromatic N) is 1. The van der Waals surface area contributed by atoms with Gasteiger partial charge in [-0.15, -0.1) is 0 Å². The van der Waals surface area contributed by atoms with Crippen molar-refractivity contribution in [2.75, 3.05) is 6.54 Å². The number of carboxylic acids is 1. The van der Waals surface area contributed by atoms with Crippen LogP contribution in [-0.2, 0) is 19.6 Å². The molecular formula is C8H13NO6S. The zero-order chi connectivity index (χ0) is 12.7. The van der Waals surface area contributed by atoms with E-state index in [0.717, 1.165) is 0 Å². The number of aliphatic hydroxyl groups is 1. The van der Waals surface area contributed by atoms with Gasteiger partial charge in [-0.2, -0.15) is 0 Å². The number of hydrogen-bond acceptors (Lipinski definition) is 5. The summed E-state index contributed by atoms with van der Waals surface area (Å²) < 4.78 is 22.2. The monoisotopic (exact) mass is 251 g/mol. The number of rotatable bonds is 4. The molecule has 1 saturated heterocycles. The van der Waals surface area contributed by atoms with Crippen LogP contribution in [0, 0.1) is 0 Å². The van der Waals surface area contributed by atoms with Gasteiger partial charge in [0, 0.05) is 13.0 Å². The average Bonchev–Trinajstić information content (AvgIpc) is 2.16. The van der Waals surface area contributed by atoms with Gasteiger partial charge in [0.05, 0.1) is 0 Å². The van der Waals surface area contributed by atoms with E-state index in [0.29, 0.717) is 4.31 Å². The maximum Gasteiger partial charge on any atom is 0.332 e. The maximum atomic E-state index is 11.5. The predicted molar refractivity (Wildman–Crippen MR) is 53.0 cm³/mol. The Bertz CT molecular complexity index is 426. The molecule has 1 rings (SSSR count). The number of aliphatic hydroxyl groups excluding tert-OH is 1. The number of amides is 1. The molecule has 16 heavy (non-hydrogen) atoms. The number of carbonyl (C=O) groups is 2. The highest BCUT2D eigenvalue weighted by Crippen LogP contribution is 2.34. The third-order valence-electron chi connectivity index (χ3n) is 2.57. The molecular weight excluding hydrogens is 238 g/mol. The summed E-state index contributed by atoms with van der Waals surface area (Å²) in [5.41, 5.74) is 0. The number of hydrogen-bond donors (Lipinski definition) is 2. The highest BCUT2D eigenvalue weighted by molar-refractivity contribution is 7.94. The second-order valence-corrected chi connectivity index (χ2v) is 6.45. The summed E-state index contributed by atoms with van der Waals surface area (Å²) in [5, 5.41) is 17.3. The lowest BCUT2D eigenvalue weighted by molar-refractivity contribution is -0.147. The van der Waals surface area contributed by atoms with Gasteiger partial charge < -0.3 is 10.2 Å². The quantitative estimate of drug-likeness (QED) is 0.647. The summed E-state index contributed by atoms with van der Waals surface area (Å²) in [4.78, 5) is 21.7. The fourth-order valence-electron chi connectivity index (χ4n) is 1.34. The van der Waals surface area contributed by atoms with E-state index in [9.17, 15) is 18.0 Å². The third-order valence-corrected chi connectivity index (χ3v) is 4.96. The van der Waals surface area contributed by atoms with E-state index >= 15 is 0 Å². The summed E-state index contributed by atoms with van der Waals surface area (Å²) in [7, 11) is -3.69. The highest BCUT2D eigenvalue weighted by Gasteiger charge is 2.59. The van der Waals surface area contributed by atoms with E-state index < -0.39 is 32.8 Å². The molecule has 1 aliphatic rings. The topological polar surface area (TPSA) is 112 Å². The Labute approximate surface area is 92.7 Å². The van der Waals surface area contributed by atoms with Crippen molar-refractivity contribution in [1.82, 2.24) is 4.31 Å². The molecule has 1 aliphatic heterocycles. The summed E-state index contributed by atoms with van der Waals surface area (Å²) in [6, 6.07) is 0. The largest absolute Gasteiger partial charge is 0.479 e. The molecule has 0 saturated carbocycles. The van der Waals surface area contributed by atoms with Crippen molar-refractivity contribution in [1.29, 1.82) is 0 Å². The van der Waals surface area contributed by atoms with Crippen molar-refractivity contribution < 1.29 is 28.2 Å². The summed E-state index contributed by atoms with van der Waals surface area (Å²) in [6.07, 6.45) is -1.97. The van der Waals surface area contributed by atoms with Gasteiger partial charge in [0.2, 0.25) is 0 Å². The predicted octanol–water partition coefficient (Wildman–Crippen LogP) is -1.23. The molecule has 0 aliphatic carbocycles. The van der Waals surface area contributed by atoms with Gasteiger partial charge in [-0.3, -0.25) is 4.79 Å². The Morgan fingerprint density at radius 2 is 2.00 bits per heavy atom. The van der Waals surface area contributed by atoms with Gasteiger partial charge >= 0.3 is 5.97 Å². The second-order valence-electron chi connectivity index (χ2n) is 4.04. The van der Waals surface area contributed by atoms with Crippen LogP contribution >= 0.6 is 0 Å². The summed E-state index contributed by atoms with van der Waals surface area (Å²) >= 11 is 0. The molecule has 0 radical (unpaired) electrons. The standard InChI is InChI=1S/C8H13NO6S/c1-8(2)7(13)9(16(8,14)15)4-3-5(10)6(11)12/h5,10H,3-4H2,1-2H3,(H,11,12). The lowest BCUT2D eigenvalue weighted by Gasteiger charge is -2.43. The van der Waals surface area contributed by atoms with Gasteiger partial charge in [0.1, 0.15) is 0 Å². The van der Waals surface area contributed by atoms with Crippen LogP contribution in [0.4, 0.5) is 0 Å². The van der Waals surface area contributed by atoms with E-state index in [1.807, 2.05) is 0 Å². The van der Waals surface area contributed by atoms with E-state index in [1.54, 1.807) is 0 Å². The minimum Gasteiger partial charge on any atom is -0.479 e. The molecule has 1 fully saturated rings. The number of aliphatic carboxylic acids is 1. The summed E-state index contributed by atoms with van der Waals surface area (Å²) in [5.74, 6) is -2.02. The Morgan fingerprint density at radius 3 is 2.38 bits per heavy atom. The van der Waals surface area contributed by atoms with Crippen molar-refractivity contribution in [2.45, 2.75) is 31.1 Å². The van der Waals surface area contributed by atoms with Gasteiger partial charge in [0.15, 0.2) is 10.9 Å². The van der Waals surface area contributed by atoms with Crippen molar-refractivity contribution in [3.8, 4) is 0 Å². The van der Waals surface area contributed by atoms with Crippen molar-refractivity contribution in [2.24, 2.45) is 0 Å². The Balaban J connectivity index is 2.66. The lowest BCUT2D eigenvalue weighted by atomic mass is 10.1. The Kier molecular flexibility index (Phi) is 2.99. The SMILES string of the molecule is CC1(C)C(=O)N(CCC(O)C(=O)O)S1(=O)=O. The lowest BCUT2D eigenvalue weighted by Crippen LogP contribution is -2.67. The summed E-state index contributed by atoms with van der Waals surface area (Å²) in [6.45, 7) is 2.27. The smallest absolute Gasteiger partial charge is 0.332 e. The minimum atomic E-state index is -3.69. The molecule has 0 spiro atoms. The Hall–Kier alpha value is -1.15. The first-order chi connectivity index (χ1) is 7.12. The third kappa shape index (κ3) is 1.67. The van der Waals surface area contributed by atoms with Crippen LogP contribution in [0.5, 0.6) is 0 Å². The fourth-order valence-corrected chi connectivity index (χ4v) is 2.88. The molecule has 0 aromatic carbocycles. The van der Waals surface area contributed by atoms with Crippen molar-refractivity contribution in [3.63, 3.8) is 0 Å². The van der Waals surface area contributed by atoms with Gasteiger partial charge in [-0.25, -0.2) is 17.5 Å². The van der Waals surface area contributed by atoms with E-state index in [4.69, 9.17) is 10.2 Å². The molecule has 0 aromatic rings. The molecule has 0 aromatic heterocycles. The van der Waals surface area contributed by atoms with Crippen molar-refractivity contribution >= 4 is 21.9 Å².